The summed E-state index contributed by atoms with van der Waals surface area (Å²) in [5, 5.41) is 17.6. The third-order valence-corrected chi connectivity index (χ3v) is 4.32. The predicted octanol–water partition coefficient (Wildman–Crippen LogP) is 4.26. The summed E-state index contributed by atoms with van der Waals surface area (Å²) < 4.78 is 0. The van der Waals surface area contributed by atoms with E-state index in [-0.39, 0.29) is 10.6 Å². The number of rotatable bonds is 7. The van der Waals surface area contributed by atoms with Crippen molar-refractivity contribution in [3.63, 3.8) is 0 Å². The molecule has 1 saturated carbocycles. The van der Waals surface area contributed by atoms with Gasteiger partial charge in [0.1, 0.15) is 0 Å². The molecule has 1 aliphatic carbocycles. The highest BCUT2D eigenvalue weighted by Gasteiger charge is 2.23. The molecule has 0 bridgehead atoms. The summed E-state index contributed by atoms with van der Waals surface area (Å²) in [4.78, 5) is 10.7. The average molecular weight is 291 g/mol. The van der Waals surface area contributed by atoms with E-state index in [2.05, 4.69) is 24.5 Å². The lowest BCUT2D eigenvalue weighted by atomic mass is 9.98. The topological polar surface area (TPSA) is 67.2 Å². The summed E-state index contributed by atoms with van der Waals surface area (Å²) in [6.07, 6.45) is 4.84. The zero-order chi connectivity index (χ0) is 15.2. The molecule has 0 spiro atoms. The molecule has 2 atom stereocenters. The van der Waals surface area contributed by atoms with E-state index < -0.39 is 0 Å². The Morgan fingerprint density at radius 1 is 1.24 bits per heavy atom. The van der Waals surface area contributed by atoms with Crippen LogP contribution in [0.2, 0.25) is 0 Å². The Bertz CT molecular complexity index is 490. The fraction of sp³-hybridized carbons (Fsp3) is 0.625. The molecule has 116 valence electrons. The first-order valence-electron chi connectivity index (χ1n) is 7.87. The standard InChI is InChI=1S/C16H25N3O2/c1-3-7-17-14-8-15(10-16(9-14)19(20)21)18-11-13-6-4-5-12(13)2/h8-10,12-13,17-18H,3-7,11H2,1-2H3. The molecule has 0 radical (unpaired) electrons. The first-order valence-corrected chi connectivity index (χ1v) is 7.87. The van der Waals surface area contributed by atoms with Gasteiger partial charge in [-0.15, -0.1) is 0 Å². The molecular weight excluding hydrogens is 266 g/mol. The largest absolute Gasteiger partial charge is 0.385 e. The Labute approximate surface area is 126 Å². The molecule has 0 amide bonds. The van der Waals surface area contributed by atoms with Crippen LogP contribution in [-0.4, -0.2) is 18.0 Å². The number of nitrogens with one attached hydrogen (secondary N) is 2. The lowest BCUT2D eigenvalue weighted by molar-refractivity contribution is -0.384. The van der Waals surface area contributed by atoms with Gasteiger partial charge in [0.05, 0.1) is 4.92 Å². The van der Waals surface area contributed by atoms with Crippen LogP contribution in [0.25, 0.3) is 0 Å². The zero-order valence-corrected chi connectivity index (χ0v) is 12.9. The van der Waals surface area contributed by atoms with Crippen molar-refractivity contribution in [1.29, 1.82) is 0 Å². The van der Waals surface area contributed by atoms with Crippen molar-refractivity contribution in [2.75, 3.05) is 23.7 Å². The van der Waals surface area contributed by atoms with E-state index in [0.717, 1.165) is 36.8 Å². The Morgan fingerprint density at radius 2 is 1.95 bits per heavy atom. The molecule has 2 rings (SSSR count). The molecule has 1 aromatic carbocycles. The molecule has 0 saturated heterocycles. The Morgan fingerprint density at radius 3 is 2.52 bits per heavy atom. The van der Waals surface area contributed by atoms with Crippen LogP contribution >= 0.6 is 0 Å². The molecular formula is C16H25N3O2. The van der Waals surface area contributed by atoms with Crippen LogP contribution in [0, 0.1) is 22.0 Å². The smallest absolute Gasteiger partial charge is 0.273 e. The van der Waals surface area contributed by atoms with Gasteiger partial charge in [0.15, 0.2) is 0 Å². The number of anilines is 2. The van der Waals surface area contributed by atoms with E-state index in [4.69, 9.17) is 0 Å². The Kier molecular flexibility index (Phi) is 5.42. The minimum absolute atomic E-state index is 0.137. The number of non-ortho nitro benzene ring substituents is 1. The number of nitro groups is 1. The SMILES string of the molecule is CCCNc1cc(NCC2CCCC2C)cc([N+](=O)[O-])c1. The van der Waals surface area contributed by atoms with Crippen LogP contribution < -0.4 is 10.6 Å². The minimum Gasteiger partial charge on any atom is -0.385 e. The van der Waals surface area contributed by atoms with Gasteiger partial charge in [-0.1, -0.05) is 26.7 Å². The van der Waals surface area contributed by atoms with E-state index in [1.807, 2.05) is 6.07 Å². The van der Waals surface area contributed by atoms with Crippen molar-refractivity contribution in [1.82, 2.24) is 0 Å². The van der Waals surface area contributed by atoms with Gasteiger partial charge in [-0.25, -0.2) is 0 Å². The molecule has 5 nitrogen and oxygen atoms in total. The molecule has 1 aromatic rings. The maximum Gasteiger partial charge on any atom is 0.273 e. The highest BCUT2D eigenvalue weighted by molar-refractivity contribution is 5.63. The van der Waals surface area contributed by atoms with Crippen molar-refractivity contribution in [2.45, 2.75) is 39.5 Å². The number of benzene rings is 1. The fourth-order valence-corrected chi connectivity index (χ4v) is 2.96. The number of nitro benzene ring substituents is 1. The van der Waals surface area contributed by atoms with E-state index in [1.54, 1.807) is 12.1 Å². The minimum atomic E-state index is -0.333. The van der Waals surface area contributed by atoms with Crippen molar-refractivity contribution in [3.8, 4) is 0 Å². The molecule has 0 aliphatic heterocycles. The second-order valence-electron chi connectivity index (χ2n) is 6.00. The third-order valence-electron chi connectivity index (χ3n) is 4.32. The normalized spacial score (nSPS) is 21.2. The Hall–Kier alpha value is -1.78. The summed E-state index contributed by atoms with van der Waals surface area (Å²) in [5.74, 6) is 1.42. The maximum absolute atomic E-state index is 11.0. The van der Waals surface area contributed by atoms with Crippen LogP contribution in [0.3, 0.4) is 0 Å². The zero-order valence-electron chi connectivity index (χ0n) is 12.9. The number of hydrogen-bond acceptors (Lipinski definition) is 4. The lowest BCUT2D eigenvalue weighted by Crippen LogP contribution is -2.16. The second kappa shape index (κ2) is 7.29. The molecule has 0 aromatic heterocycles. The molecule has 1 fully saturated rings. The first kappa shape index (κ1) is 15.6. The van der Waals surface area contributed by atoms with Crippen LogP contribution in [0.5, 0.6) is 0 Å². The lowest BCUT2D eigenvalue weighted by Gasteiger charge is -2.17. The number of nitrogens with zero attached hydrogens (tertiary/aromatic N) is 1. The Balaban J connectivity index is 2.05. The van der Waals surface area contributed by atoms with E-state index in [9.17, 15) is 10.1 Å². The summed E-state index contributed by atoms with van der Waals surface area (Å²) in [6, 6.07) is 5.18. The van der Waals surface area contributed by atoms with Gasteiger partial charge in [0.2, 0.25) is 0 Å². The van der Waals surface area contributed by atoms with Gasteiger partial charge < -0.3 is 10.6 Å². The van der Waals surface area contributed by atoms with E-state index in [1.165, 1.54) is 19.3 Å². The first-order chi connectivity index (χ1) is 10.1. The van der Waals surface area contributed by atoms with E-state index in [0.29, 0.717) is 5.92 Å². The van der Waals surface area contributed by atoms with Gasteiger partial charge in [0, 0.05) is 36.6 Å². The quantitative estimate of drug-likeness (QED) is 0.581. The second-order valence-corrected chi connectivity index (χ2v) is 6.00. The van der Waals surface area contributed by atoms with Crippen LogP contribution in [0.4, 0.5) is 17.1 Å². The summed E-state index contributed by atoms with van der Waals surface area (Å²) in [6.45, 7) is 6.09. The summed E-state index contributed by atoms with van der Waals surface area (Å²) in [5.41, 5.74) is 1.79. The molecule has 1 aliphatic rings. The van der Waals surface area contributed by atoms with Crippen molar-refractivity contribution >= 4 is 17.1 Å². The van der Waals surface area contributed by atoms with E-state index >= 15 is 0 Å². The molecule has 21 heavy (non-hydrogen) atoms. The van der Waals surface area contributed by atoms with Gasteiger partial charge in [-0.05, 0) is 30.7 Å². The van der Waals surface area contributed by atoms with Gasteiger partial charge in [0.25, 0.3) is 5.69 Å². The highest BCUT2D eigenvalue weighted by atomic mass is 16.6. The van der Waals surface area contributed by atoms with Crippen molar-refractivity contribution in [2.24, 2.45) is 11.8 Å². The van der Waals surface area contributed by atoms with Gasteiger partial charge >= 0.3 is 0 Å². The monoisotopic (exact) mass is 291 g/mol. The van der Waals surface area contributed by atoms with Crippen LogP contribution in [-0.2, 0) is 0 Å². The predicted molar refractivity (Wildman–Crippen MR) is 86.9 cm³/mol. The third kappa shape index (κ3) is 4.34. The summed E-state index contributed by atoms with van der Waals surface area (Å²) >= 11 is 0. The fourth-order valence-electron chi connectivity index (χ4n) is 2.96. The average Bonchev–Trinajstić information content (AvgIpc) is 2.88. The van der Waals surface area contributed by atoms with Crippen molar-refractivity contribution in [3.05, 3.63) is 28.3 Å². The van der Waals surface area contributed by atoms with Gasteiger partial charge in [-0.3, -0.25) is 10.1 Å². The van der Waals surface area contributed by atoms with Gasteiger partial charge in [-0.2, -0.15) is 0 Å². The molecule has 2 unspecified atom stereocenters. The highest BCUT2D eigenvalue weighted by Crippen LogP contribution is 2.32. The van der Waals surface area contributed by atoms with Crippen molar-refractivity contribution < 1.29 is 4.92 Å². The maximum atomic E-state index is 11.0. The molecule has 0 heterocycles. The molecule has 2 N–H and O–H groups in total. The summed E-state index contributed by atoms with van der Waals surface area (Å²) in [7, 11) is 0. The number of hydrogen-bond donors (Lipinski definition) is 2. The molecule has 5 heteroatoms. The van der Waals surface area contributed by atoms with Crippen LogP contribution in [0.15, 0.2) is 18.2 Å². The van der Waals surface area contributed by atoms with Crippen LogP contribution in [0.1, 0.15) is 39.5 Å².